The molecule has 0 aliphatic heterocycles. The van der Waals surface area contributed by atoms with Gasteiger partial charge in [0, 0.05) is 16.7 Å². The summed E-state index contributed by atoms with van der Waals surface area (Å²) in [6.07, 6.45) is 1.95. The van der Waals surface area contributed by atoms with E-state index in [-0.39, 0.29) is 10.5 Å². The zero-order chi connectivity index (χ0) is 16.8. The van der Waals surface area contributed by atoms with E-state index in [1.165, 1.54) is 23.5 Å². The van der Waals surface area contributed by atoms with E-state index in [1.54, 1.807) is 12.1 Å². The third-order valence-electron chi connectivity index (χ3n) is 3.77. The number of sulfone groups is 1. The summed E-state index contributed by atoms with van der Waals surface area (Å²) in [7, 11) is -3.24. The molecule has 5 nitrogen and oxygen atoms in total. The highest BCUT2D eigenvalue weighted by molar-refractivity contribution is 7.90. The van der Waals surface area contributed by atoms with Crippen LogP contribution in [-0.4, -0.2) is 24.6 Å². The third-order valence-corrected chi connectivity index (χ3v) is 5.94. The number of aryl methyl sites for hydroxylation is 2. The SMILES string of the molecule is CCc1c(C)sc2nc(-c3ccc(S(C)(=O)=O)cc3)[nH]c(=O)c12. The summed E-state index contributed by atoms with van der Waals surface area (Å²) < 4.78 is 23.0. The number of hydrogen-bond donors (Lipinski definition) is 1. The summed E-state index contributed by atoms with van der Waals surface area (Å²) in [6.45, 7) is 4.01. The quantitative estimate of drug-likeness (QED) is 0.789. The number of fused-ring (bicyclic) bond motifs is 1. The molecule has 1 aromatic carbocycles. The first kappa shape index (κ1) is 15.9. The predicted molar refractivity (Wildman–Crippen MR) is 92.9 cm³/mol. The van der Waals surface area contributed by atoms with Crippen LogP contribution in [0.2, 0.25) is 0 Å². The van der Waals surface area contributed by atoms with Crippen LogP contribution in [0.15, 0.2) is 34.0 Å². The lowest BCUT2D eigenvalue weighted by molar-refractivity contribution is 0.602. The molecular weight excluding hydrogens is 332 g/mol. The van der Waals surface area contributed by atoms with Crippen LogP contribution in [0.5, 0.6) is 0 Å². The number of nitrogens with zero attached hydrogens (tertiary/aromatic N) is 1. The van der Waals surface area contributed by atoms with Gasteiger partial charge in [-0.2, -0.15) is 0 Å². The van der Waals surface area contributed by atoms with E-state index in [9.17, 15) is 13.2 Å². The lowest BCUT2D eigenvalue weighted by atomic mass is 10.1. The van der Waals surface area contributed by atoms with Gasteiger partial charge in [-0.1, -0.05) is 6.92 Å². The molecule has 2 aromatic heterocycles. The smallest absolute Gasteiger partial charge is 0.260 e. The van der Waals surface area contributed by atoms with Gasteiger partial charge in [-0.25, -0.2) is 13.4 Å². The molecule has 0 saturated heterocycles. The third kappa shape index (κ3) is 2.82. The Morgan fingerprint density at radius 3 is 2.43 bits per heavy atom. The van der Waals surface area contributed by atoms with Crippen molar-refractivity contribution in [2.24, 2.45) is 0 Å². The highest BCUT2D eigenvalue weighted by Crippen LogP contribution is 2.28. The van der Waals surface area contributed by atoms with E-state index in [0.29, 0.717) is 21.6 Å². The number of H-pyrrole nitrogens is 1. The molecule has 0 unspecified atom stereocenters. The molecule has 0 atom stereocenters. The van der Waals surface area contributed by atoms with Gasteiger partial charge < -0.3 is 4.98 Å². The van der Waals surface area contributed by atoms with Crippen LogP contribution in [0.25, 0.3) is 21.6 Å². The number of aromatic nitrogens is 2. The van der Waals surface area contributed by atoms with Gasteiger partial charge in [0.1, 0.15) is 10.7 Å². The summed E-state index contributed by atoms with van der Waals surface area (Å²) >= 11 is 1.51. The van der Waals surface area contributed by atoms with Crippen LogP contribution in [0.3, 0.4) is 0 Å². The fourth-order valence-electron chi connectivity index (χ4n) is 2.60. The molecular formula is C16H16N2O3S2. The van der Waals surface area contributed by atoms with Crippen molar-refractivity contribution in [1.82, 2.24) is 9.97 Å². The summed E-state index contributed by atoms with van der Waals surface area (Å²) in [5, 5.41) is 0.659. The number of rotatable bonds is 3. The summed E-state index contributed by atoms with van der Waals surface area (Å²) in [5.74, 6) is 0.450. The minimum atomic E-state index is -3.24. The van der Waals surface area contributed by atoms with Gasteiger partial charge in [-0.15, -0.1) is 11.3 Å². The predicted octanol–water partition coefficient (Wildman–Crippen LogP) is 2.93. The largest absolute Gasteiger partial charge is 0.306 e. The molecule has 0 fully saturated rings. The van der Waals surface area contributed by atoms with E-state index in [4.69, 9.17) is 0 Å². The summed E-state index contributed by atoms with van der Waals surface area (Å²) in [4.78, 5) is 21.8. The highest BCUT2D eigenvalue weighted by atomic mass is 32.2. The van der Waals surface area contributed by atoms with Crippen molar-refractivity contribution in [1.29, 1.82) is 0 Å². The van der Waals surface area contributed by atoms with Gasteiger partial charge in [0.2, 0.25) is 0 Å². The van der Waals surface area contributed by atoms with E-state index >= 15 is 0 Å². The molecule has 3 rings (SSSR count). The first-order valence-electron chi connectivity index (χ1n) is 7.14. The molecule has 0 saturated carbocycles. The average molecular weight is 348 g/mol. The van der Waals surface area contributed by atoms with Crippen molar-refractivity contribution in [3.63, 3.8) is 0 Å². The molecule has 2 heterocycles. The first-order chi connectivity index (χ1) is 10.8. The molecule has 7 heteroatoms. The second-order valence-corrected chi connectivity index (χ2v) is 8.60. The maximum atomic E-state index is 12.4. The molecule has 23 heavy (non-hydrogen) atoms. The number of thiophene rings is 1. The molecule has 120 valence electrons. The number of aromatic amines is 1. The molecule has 0 spiro atoms. The number of hydrogen-bond acceptors (Lipinski definition) is 5. The van der Waals surface area contributed by atoms with Crippen LogP contribution in [0.4, 0.5) is 0 Å². The minimum Gasteiger partial charge on any atom is -0.306 e. The minimum absolute atomic E-state index is 0.154. The zero-order valence-corrected chi connectivity index (χ0v) is 14.6. The van der Waals surface area contributed by atoms with E-state index in [1.807, 2.05) is 13.8 Å². The molecule has 0 aliphatic carbocycles. The average Bonchev–Trinajstić information content (AvgIpc) is 2.82. The normalized spacial score (nSPS) is 12.0. The van der Waals surface area contributed by atoms with Crippen LogP contribution in [0.1, 0.15) is 17.4 Å². The molecule has 0 bridgehead atoms. The Morgan fingerprint density at radius 1 is 1.22 bits per heavy atom. The van der Waals surface area contributed by atoms with Gasteiger partial charge in [0.05, 0.1) is 10.3 Å². The van der Waals surface area contributed by atoms with Crippen molar-refractivity contribution in [3.8, 4) is 11.4 Å². The lowest BCUT2D eigenvalue weighted by Crippen LogP contribution is -2.09. The van der Waals surface area contributed by atoms with Crippen LogP contribution in [0, 0.1) is 6.92 Å². The van der Waals surface area contributed by atoms with Gasteiger partial charge in [0.25, 0.3) is 5.56 Å². The van der Waals surface area contributed by atoms with Crippen LogP contribution in [-0.2, 0) is 16.3 Å². The second-order valence-electron chi connectivity index (χ2n) is 5.38. The number of benzene rings is 1. The van der Waals surface area contributed by atoms with Crippen LogP contribution < -0.4 is 5.56 Å². The molecule has 0 amide bonds. The summed E-state index contributed by atoms with van der Waals surface area (Å²) in [6, 6.07) is 6.35. The maximum absolute atomic E-state index is 12.4. The molecule has 3 aromatic rings. The van der Waals surface area contributed by atoms with E-state index in [2.05, 4.69) is 9.97 Å². The first-order valence-corrected chi connectivity index (χ1v) is 9.85. The molecule has 1 N–H and O–H groups in total. The Morgan fingerprint density at radius 2 is 1.87 bits per heavy atom. The van der Waals surface area contributed by atoms with Gasteiger partial charge >= 0.3 is 0 Å². The van der Waals surface area contributed by atoms with Gasteiger partial charge in [-0.3, -0.25) is 4.79 Å². The van der Waals surface area contributed by atoms with Crippen molar-refractivity contribution >= 4 is 31.4 Å². The van der Waals surface area contributed by atoms with Crippen molar-refractivity contribution in [2.45, 2.75) is 25.2 Å². The molecule has 0 aliphatic rings. The Labute approximate surface area is 137 Å². The Kier molecular flexibility index (Phi) is 3.85. The van der Waals surface area contributed by atoms with Gasteiger partial charge in [-0.05, 0) is 43.2 Å². The van der Waals surface area contributed by atoms with Crippen molar-refractivity contribution in [2.75, 3.05) is 6.26 Å². The van der Waals surface area contributed by atoms with Crippen LogP contribution >= 0.6 is 11.3 Å². The van der Waals surface area contributed by atoms with E-state index < -0.39 is 9.84 Å². The second kappa shape index (κ2) is 5.58. The van der Waals surface area contributed by atoms with Crippen molar-refractivity contribution in [3.05, 3.63) is 45.1 Å². The highest BCUT2D eigenvalue weighted by Gasteiger charge is 2.15. The summed E-state index contributed by atoms with van der Waals surface area (Å²) in [5.41, 5.74) is 1.57. The lowest BCUT2D eigenvalue weighted by Gasteiger charge is -2.03. The molecule has 0 radical (unpaired) electrons. The maximum Gasteiger partial charge on any atom is 0.260 e. The van der Waals surface area contributed by atoms with Crippen molar-refractivity contribution < 1.29 is 8.42 Å². The zero-order valence-electron chi connectivity index (χ0n) is 13.0. The Bertz CT molecular complexity index is 1050. The number of nitrogens with one attached hydrogen (secondary N) is 1. The van der Waals surface area contributed by atoms with E-state index in [0.717, 1.165) is 23.1 Å². The Hall–Kier alpha value is -1.99. The fraction of sp³-hybridized carbons (Fsp3) is 0.250. The Balaban J connectivity index is 2.16. The van der Waals surface area contributed by atoms with Gasteiger partial charge in [0.15, 0.2) is 9.84 Å². The fourth-order valence-corrected chi connectivity index (χ4v) is 4.34. The topological polar surface area (TPSA) is 79.9 Å². The monoisotopic (exact) mass is 348 g/mol. The standard InChI is InChI=1S/C16H16N2O3S2/c1-4-12-9(2)22-16-13(12)15(19)17-14(18-16)10-5-7-11(8-6-10)23(3,20)21/h5-8H,4H2,1-3H3,(H,17,18,19).